The van der Waals surface area contributed by atoms with Crippen LogP contribution in [-0.2, 0) is 28.6 Å². The minimum atomic E-state index is -0.789. The van der Waals surface area contributed by atoms with Crippen LogP contribution in [0.2, 0.25) is 0 Å². The van der Waals surface area contributed by atoms with Gasteiger partial charge in [0.05, 0.1) is 0 Å². The van der Waals surface area contributed by atoms with E-state index in [4.69, 9.17) is 14.2 Å². The van der Waals surface area contributed by atoms with Crippen molar-refractivity contribution in [2.24, 2.45) is 0 Å². The average molecular weight is 1080 g/mol. The Balaban J connectivity index is 4.39. The molecule has 0 aromatic carbocycles. The number of carbonyl (C=O) groups is 3. The lowest BCUT2D eigenvalue weighted by Gasteiger charge is -2.18. The van der Waals surface area contributed by atoms with Crippen LogP contribution in [0.25, 0.3) is 0 Å². The number of unbranched alkanes of at least 4 members (excludes halogenated alkanes) is 38. The predicted octanol–water partition coefficient (Wildman–Crippen LogP) is 22.9. The number of ether oxygens (including phenoxy) is 3. The van der Waals surface area contributed by atoms with E-state index in [1.54, 1.807) is 0 Å². The predicted molar refractivity (Wildman–Crippen MR) is 335 cm³/mol. The summed E-state index contributed by atoms with van der Waals surface area (Å²) in [6.07, 6.45) is 84.8. The van der Waals surface area contributed by atoms with Crippen LogP contribution < -0.4 is 0 Å². The van der Waals surface area contributed by atoms with Crippen LogP contribution in [0, 0.1) is 0 Å². The molecule has 6 nitrogen and oxygen atoms in total. The molecule has 0 rings (SSSR count). The summed E-state index contributed by atoms with van der Waals surface area (Å²) >= 11 is 0. The molecule has 0 N–H and O–H groups in total. The maximum Gasteiger partial charge on any atom is 0.306 e. The second kappa shape index (κ2) is 65.4. The lowest BCUT2D eigenvalue weighted by molar-refractivity contribution is -0.167. The Morgan fingerprint density at radius 1 is 0.273 bits per heavy atom. The molecule has 0 aliphatic rings. The van der Waals surface area contributed by atoms with Gasteiger partial charge in [-0.15, -0.1) is 0 Å². The zero-order chi connectivity index (χ0) is 55.7. The zero-order valence-electron chi connectivity index (χ0n) is 51.2. The monoisotopic (exact) mass is 1070 g/mol. The lowest BCUT2D eigenvalue weighted by Crippen LogP contribution is -2.30. The number of hydrogen-bond donors (Lipinski definition) is 0. The third kappa shape index (κ3) is 63.6. The van der Waals surface area contributed by atoms with Gasteiger partial charge in [-0.25, -0.2) is 0 Å². The van der Waals surface area contributed by atoms with Gasteiger partial charge in [0.25, 0.3) is 0 Å². The molecule has 0 aromatic heterocycles. The van der Waals surface area contributed by atoms with Crippen LogP contribution in [0.5, 0.6) is 0 Å². The van der Waals surface area contributed by atoms with Crippen LogP contribution in [0.15, 0.2) is 72.9 Å². The highest BCUT2D eigenvalue weighted by atomic mass is 16.6. The van der Waals surface area contributed by atoms with Gasteiger partial charge in [-0.1, -0.05) is 306 Å². The second-order valence-electron chi connectivity index (χ2n) is 22.4. The van der Waals surface area contributed by atoms with Crippen molar-refractivity contribution in [2.45, 2.75) is 348 Å². The Labute approximate surface area is 478 Å². The number of esters is 3. The molecule has 0 saturated heterocycles. The van der Waals surface area contributed by atoms with Gasteiger partial charge in [-0.05, 0) is 89.9 Å². The molecule has 0 aliphatic carbocycles. The normalized spacial score (nSPS) is 12.5. The summed E-state index contributed by atoms with van der Waals surface area (Å²) in [6.45, 7) is 6.55. The first-order chi connectivity index (χ1) is 38.0. The topological polar surface area (TPSA) is 78.9 Å². The van der Waals surface area contributed by atoms with Gasteiger partial charge in [0.1, 0.15) is 13.2 Å². The minimum absolute atomic E-state index is 0.0831. The van der Waals surface area contributed by atoms with Crippen molar-refractivity contribution in [2.75, 3.05) is 13.2 Å². The van der Waals surface area contributed by atoms with Crippen molar-refractivity contribution in [1.82, 2.24) is 0 Å². The summed E-state index contributed by atoms with van der Waals surface area (Å²) in [5.41, 5.74) is 0. The first kappa shape index (κ1) is 73.8. The van der Waals surface area contributed by atoms with Crippen molar-refractivity contribution in [3.05, 3.63) is 72.9 Å². The Bertz CT molecular complexity index is 1420. The molecule has 0 saturated carbocycles. The van der Waals surface area contributed by atoms with E-state index in [1.165, 1.54) is 205 Å². The minimum Gasteiger partial charge on any atom is -0.462 e. The van der Waals surface area contributed by atoms with E-state index in [-0.39, 0.29) is 31.1 Å². The van der Waals surface area contributed by atoms with Crippen LogP contribution in [-0.4, -0.2) is 37.2 Å². The molecule has 446 valence electrons. The third-order valence-corrected chi connectivity index (χ3v) is 14.7. The second-order valence-corrected chi connectivity index (χ2v) is 22.4. The summed E-state index contributed by atoms with van der Waals surface area (Å²) in [6, 6.07) is 0. The van der Waals surface area contributed by atoms with E-state index in [0.717, 1.165) is 96.3 Å². The highest BCUT2D eigenvalue weighted by Gasteiger charge is 2.19. The Morgan fingerprint density at radius 3 is 0.818 bits per heavy atom. The van der Waals surface area contributed by atoms with E-state index in [2.05, 4.69) is 93.7 Å². The fraction of sp³-hybridized carbons (Fsp3) is 0.789. The van der Waals surface area contributed by atoms with Crippen LogP contribution in [0.4, 0.5) is 0 Å². The van der Waals surface area contributed by atoms with Crippen LogP contribution in [0.3, 0.4) is 0 Å². The summed E-state index contributed by atoms with van der Waals surface area (Å²) < 4.78 is 17.0. The third-order valence-electron chi connectivity index (χ3n) is 14.7. The maximum atomic E-state index is 12.9. The molecule has 0 aliphatic heterocycles. The highest BCUT2D eigenvalue weighted by molar-refractivity contribution is 5.71. The summed E-state index contributed by atoms with van der Waals surface area (Å²) in [5, 5.41) is 0. The number of rotatable bonds is 61. The van der Waals surface area contributed by atoms with Crippen molar-refractivity contribution < 1.29 is 28.6 Å². The summed E-state index contributed by atoms with van der Waals surface area (Å²) in [5.74, 6) is -0.897. The lowest BCUT2D eigenvalue weighted by atomic mass is 10.0. The van der Waals surface area contributed by atoms with Crippen molar-refractivity contribution >= 4 is 17.9 Å². The Hall–Kier alpha value is -3.15. The molecule has 6 heteroatoms. The van der Waals surface area contributed by atoms with Crippen LogP contribution >= 0.6 is 0 Å². The van der Waals surface area contributed by atoms with Crippen molar-refractivity contribution in [1.29, 1.82) is 0 Å². The molecule has 77 heavy (non-hydrogen) atoms. The highest BCUT2D eigenvalue weighted by Crippen LogP contribution is 2.17. The standard InChI is InChI=1S/C71H126O6/c1-4-7-10-13-16-19-22-25-28-31-34-35-38-40-43-46-49-52-55-58-61-64-70(73)76-67-68(77-71(74)65-62-59-56-53-50-47-44-41-37-33-30-27-24-21-18-15-12-9-6-3)66-75-69(72)63-60-57-54-51-48-45-42-39-36-32-29-26-23-20-17-14-11-8-5-2/h8,11,17,20,25-26,28-29,36,39,45,48,68H,4-7,9-10,12-16,18-19,21-24,27,30-35,37-38,40-44,46-47,49-67H2,1-3H3/b11-8-,20-17-,28-25-,29-26-,39-36-,48-45-/t68-/m1/s1. The van der Waals surface area contributed by atoms with Gasteiger partial charge in [0.2, 0.25) is 0 Å². The first-order valence-electron chi connectivity index (χ1n) is 33.4. The fourth-order valence-electron chi connectivity index (χ4n) is 9.70. The van der Waals surface area contributed by atoms with Crippen LogP contribution in [0.1, 0.15) is 342 Å². The molecule has 0 unspecified atom stereocenters. The van der Waals surface area contributed by atoms with Gasteiger partial charge in [0.15, 0.2) is 6.10 Å². The van der Waals surface area contributed by atoms with Gasteiger partial charge >= 0.3 is 17.9 Å². The molecule has 0 bridgehead atoms. The molecular weight excluding hydrogens is 949 g/mol. The van der Waals surface area contributed by atoms with E-state index in [0.29, 0.717) is 19.3 Å². The molecule has 0 aromatic rings. The van der Waals surface area contributed by atoms with E-state index < -0.39 is 6.10 Å². The largest absolute Gasteiger partial charge is 0.462 e. The molecule has 0 fully saturated rings. The first-order valence-corrected chi connectivity index (χ1v) is 33.4. The SMILES string of the molecule is CC/C=C\C/C=C\C/C=C\C/C=C\C/C=C\CCCCCC(=O)OC[C@H](COC(=O)CCCCCCCCCCCCC/C=C\CCCCCCCC)OC(=O)CCCCCCCCCCCCCCCCCCCCC. The van der Waals surface area contributed by atoms with E-state index >= 15 is 0 Å². The maximum absolute atomic E-state index is 12.9. The van der Waals surface area contributed by atoms with Gasteiger partial charge in [0, 0.05) is 19.3 Å². The molecule has 1 atom stereocenters. The zero-order valence-corrected chi connectivity index (χ0v) is 51.2. The Morgan fingerprint density at radius 2 is 0.506 bits per heavy atom. The summed E-state index contributed by atoms with van der Waals surface area (Å²) in [4.78, 5) is 38.4. The van der Waals surface area contributed by atoms with Crippen molar-refractivity contribution in [3.63, 3.8) is 0 Å². The van der Waals surface area contributed by atoms with E-state index in [9.17, 15) is 14.4 Å². The molecular formula is C71H126O6. The fourth-order valence-corrected chi connectivity index (χ4v) is 9.70. The molecule has 0 amide bonds. The quantitative estimate of drug-likeness (QED) is 0.0261. The smallest absolute Gasteiger partial charge is 0.306 e. The number of carbonyl (C=O) groups excluding carboxylic acids is 3. The molecule has 0 radical (unpaired) electrons. The Kier molecular flexibility index (Phi) is 62.7. The van der Waals surface area contributed by atoms with Gasteiger partial charge in [-0.3, -0.25) is 14.4 Å². The van der Waals surface area contributed by atoms with Gasteiger partial charge in [-0.2, -0.15) is 0 Å². The molecule has 0 spiro atoms. The number of allylic oxidation sites excluding steroid dienone is 12. The average Bonchev–Trinajstić information content (AvgIpc) is 3.43. The van der Waals surface area contributed by atoms with E-state index in [1.807, 2.05) is 0 Å². The number of hydrogen-bond acceptors (Lipinski definition) is 6. The van der Waals surface area contributed by atoms with Gasteiger partial charge < -0.3 is 14.2 Å². The molecule has 0 heterocycles. The van der Waals surface area contributed by atoms with Crippen molar-refractivity contribution in [3.8, 4) is 0 Å². The summed E-state index contributed by atoms with van der Waals surface area (Å²) in [7, 11) is 0.